The van der Waals surface area contributed by atoms with Crippen LogP contribution >= 0.6 is 0 Å². The largest absolute Gasteiger partial charge is 0.477 e. The van der Waals surface area contributed by atoms with E-state index >= 15 is 4.39 Å². The zero-order valence-electron chi connectivity index (χ0n) is 18.5. The Balaban J connectivity index is 1.89. The van der Waals surface area contributed by atoms with E-state index in [0.29, 0.717) is 38.8 Å². The number of carboxylic acid groups (broad SMARTS) is 1. The van der Waals surface area contributed by atoms with E-state index in [4.69, 9.17) is 4.74 Å². The SMILES string of the molecule is CNCC(C)=C1CCN(c2c(F)cc3c(=O)c(C(=O)O)cn(C4CC4)c3c2OC(F)F)CC1. The maximum absolute atomic E-state index is 15.4. The first-order chi connectivity index (χ1) is 15.7. The van der Waals surface area contributed by atoms with Crippen LogP contribution in [0.5, 0.6) is 5.75 Å². The predicted molar refractivity (Wildman–Crippen MR) is 118 cm³/mol. The molecule has 4 rings (SSSR count). The Morgan fingerprint density at radius 1 is 1.30 bits per heavy atom. The molecule has 7 nitrogen and oxygen atoms in total. The van der Waals surface area contributed by atoms with E-state index in [1.807, 2.05) is 14.0 Å². The number of alkyl halides is 2. The van der Waals surface area contributed by atoms with Crippen molar-refractivity contribution in [1.29, 1.82) is 0 Å². The number of nitrogens with zero attached hydrogens (tertiary/aromatic N) is 2. The van der Waals surface area contributed by atoms with Gasteiger partial charge in [0.25, 0.3) is 0 Å². The molecule has 2 heterocycles. The number of aromatic carboxylic acids is 1. The Morgan fingerprint density at radius 2 is 1.97 bits per heavy atom. The third-order valence-corrected chi connectivity index (χ3v) is 6.30. The van der Waals surface area contributed by atoms with Crippen LogP contribution in [-0.2, 0) is 0 Å². The molecule has 2 fully saturated rings. The third-order valence-electron chi connectivity index (χ3n) is 6.30. The Hall–Kier alpha value is -3.01. The second-order valence-corrected chi connectivity index (χ2v) is 8.53. The van der Waals surface area contributed by atoms with Gasteiger partial charge in [-0.25, -0.2) is 9.18 Å². The number of piperidine rings is 1. The summed E-state index contributed by atoms with van der Waals surface area (Å²) >= 11 is 0. The molecule has 1 saturated heterocycles. The number of aromatic nitrogens is 1. The van der Waals surface area contributed by atoms with E-state index in [-0.39, 0.29) is 22.6 Å². The van der Waals surface area contributed by atoms with Crippen molar-refractivity contribution in [2.75, 3.05) is 31.6 Å². The third kappa shape index (κ3) is 4.44. The molecule has 0 radical (unpaired) electrons. The minimum absolute atomic E-state index is 0.0110. The monoisotopic (exact) mass is 465 g/mol. The molecule has 0 atom stereocenters. The molecule has 0 unspecified atom stereocenters. The number of likely N-dealkylation sites (N-methyl/N-ethyl adjacent to an activating group) is 1. The second-order valence-electron chi connectivity index (χ2n) is 8.53. The molecular formula is C23H26F3N3O4. The van der Waals surface area contributed by atoms with Crippen molar-refractivity contribution in [3.05, 3.63) is 45.0 Å². The fourth-order valence-corrected chi connectivity index (χ4v) is 4.55. The fraction of sp³-hybridized carbons (Fsp3) is 0.478. The van der Waals surface area contributed by atoms with Crippen LogP contribution < -0.4 is 20.4 Å². The van der Waals surface area contributed by atoms with Crippen LogP contribution in [0.4, 0.5) is 18.9 Å². The molecule has 10 heteroatoms. The van der Waals surface area contributed by atoms with E-state index in [9.17, 15) is 23.5 Å². The van der Waals surface area contributed by atoms with E-state index in [2.05, 4.69) is 5.32 Å². The highest BCUT2D eigenvalue weighted by molar-refractivity contribution is 5.97. The molecule has 1 aliphatic heterocycles. The predicted octanol–water partition coefficient (Wildman–Crippen LogP) is 3.91. The smallest absolute Gasteiger partial charge is 0.387 e. The topological polar surface area (TPSA) is 83.8 Å². The van der Waals surface area contributed by atoms with Gasteiger partial charge < -0.3 is 24.6 Å². The maximum atomic E-state index is 15.4. The summed E-state index contributed by atoms with van der Waals surface area (Å²) in [6, 6.07) is 0.790. The number of ether oxygens (including phenoxy) is 1. The normalized spacial score (nSPS) is 16.5. The van der Waals surface area contributed by atoms with Gasteiger partial charge in [0.2, 0.25) is 5.43 Å². The van der Waals surface area contributed by atoms with Crippen LogP contribution in [0, 0.1) is 5.82 Å². The summed E-state index contributed by atoms with van der Waals surface area (Å²) in [7, 11) is 1.85. The lowest BCUT2D eigenvalue weighted by atomic mass is 9.97. The summed E-state index contributed by atoms with van der Waals surface area (Å²) in [5.41, 5.74) is 0.868. The highest BCUT2D eigenvalue weighted by Gasteiger charge is 2.33. The van der Waals surface area contributed by atoms with E-state index in [0.717, 1.165) is 18.8 Å². The van der Waals surface area contributed by atoms with Crippen molar-refractivity contribution in [2.45, 2.75) is 45.3 Å². The van der Waals surface area contributed by atoms with Crippen LogP contribution in [0.25, 0.3) is 10.9 Å². The van der Waals surface area contributed by atoms with Crippen molar-refractivity contribution in [2.24, 2.45) is 0 Å². The zero-order chi connectivity index (χ0) is 23.9. The number of rotatable bonds is 7. The number of fused-ring (bicyclic) bond motifs is 1. The molecule has 0 bridgehead atoms. The maximum Gasteiger partial charge on any atom is 0.387 e. The number of pyridine rings is 1. The summed E-state index contributed by atoms with van der Waals surface area (Å²) in [6.07, 6.45) is 3.84. The van der Waals surface area contributed by atoms with Crippen molar-refractivity contribution in [3.63, 3.8) is 0 Å². The van der Waals surface area contributed by atoms with Gasteiger partial charge in [0.05, 0.1) is 10.9 Å². The summed E-state index contributed by atoms with van der Waals surface area (Å²) < 4.78 is 48.6. The number of halogens is 3. The van der Waals surface area contributed by atoms with E-state index in [1.54, 1.807) is 4.90 Å². The number of anilines is 1. The molecule has 1 saturated carbocycles. The summed E-state index contributed by atoms with van der Waals surface area (Å²) in [6.45, 7) is 0.323. The van der Waals surface area contributed by atoms with Crippen LogP contribution in [0.3, 0.4) is 0 Å². The Morgan fingerprint density at radius 3 is 2.52 bits per heavy atom. The second kappa shape index (κ2) is 9.09. The van der Waals surface area contributed by atoms with Crippen molar-refractivity contribution >= 4 is 22.6 Å². The molecule has 2 N–H and O–H groups in total. The van der Waals surface area contributed by atoms with Gasteiger partial charge in [0, 0.05) is 31.9 Å². The minimum atomic E-state index is -3.24. The number of nitrogens with one attached hydrogen (secondary N) is 1. The number of carbonyl (C=O) groups is 1. The van der Waals surface area contributed by atoms with Crippen molar-refractivity contribution in [1.82, 2.24) is 9.88 Å². The minimum Gasteiger partial charge on any atom is -0.477 e. The van der Waals surface area contributed by atoms with Crippen molar-refractivity contribution < 1.29 is 27.8 Å². The van der Waals surface area contributed by atoms with Gasteiger partial charge in [-0.15, -0.1) is 0 Å². The molecule has 1 aromatic heterocycles. The van der Waals surface area contributed by atoms with Gasteiger partial charge in [-0.3, -0.25) is 4.79 Å². The molecule has 0 spiro atoms. The highest BCUT2D eigenvalue weighted by atomic mass is 19.3. The average Bonchev–Trinajstić information content (AvgIpc) is 3.59. The summed E-state index contributed by atoms with van der Waals surface area (Å²) in [5, 5.41) is 12.2. The lowest BCUT2D eigenvalue weighted by Gasteiger charge is -2.33. The van der Waals surface area contributed by atoms with E-state index in [1.165, 1.54) is 15.7 Å². The molecule has 2 aliphatic rings. The molecule has 1 aliphatic carbocycles. The van der Waals surface area contributed by atoms with Crippen LogP contribution in [0.15, 0.2) is 28.2 Å². The fourth-order valence-electron chi connectivity index (χ4n) is 4.55. The van der Waals surface area contributed by atoms with Gasteiger partial charge >= 0.3 is 12.6 Å². The number of benzene rings is 1. The van der Waals surface area contributed by atoms with Crippen molar-refractivity contribution in [3.8, 4) is 5.75 Å². The molecule has 178 valence electrons. The zero-order valence-corrected chi connectivity index (χ0v) is 18.5. The standard InChI is InChI=1S/C23H26F3N3O4/c1-12(10-27-2)13-5-7-28(8-6-13)19-17(24)9-15-18(21(19)33-23(25)26)29(14-3-4-14)11-16(20(15)30)22(31)32/h9,11,14,23,27H,3-8,10H2,1-2H3,(H,31,32). The molecular weight excluding hydrogens is 439 g/mol. The number of hydrogen-bond donors (Lipinski definition) is 2. The Kier molecular flexibility index (Phi) is 6.38. The number of hydrogen-bond acceptors (Lipinski definition) is 5. The van der Waals surface area contributed by atoms with Gasteiger partial charge in [0.15, 0.2) is 11.6 Å². The molecule has 33 heavy (non-hydrogen) atoms. The first-order valence-corrected chi connectivity index (χ1v) is 10.9. The Labute approximate surface area is 188 Å². The first kappa shape index (κ1) is 23.2. The Bertz CT molecular complexity index is 1180. The van der Waals surface area contributed by atoms with Crippen LogP contribution in [0.1, 0.15) is 49.0 Å². The first-order valence-electron chi connectivity index (χ1n) is 10.9. The average molecular weight is 465 g/mol. The molecule has 0 amide bonds. The van der Waals surface area contributed by atoms with Gasteiger partial charge in [-0.2, -0.15) is 8.78 Å². The molecule has 2 aromatic rings. The highest BCUT2D eigenvalue weighted by Crippen LogP contribution is 2.45. The van der Waals surface area contributed by atoms with Crippen LogP contribution in [0.2, 0.25) is 0 Å². The summed E-state index contributed by atoms with van der Waals surface area (Å²) in [4.78, 5) is 26.0. The van der Waals surface area contributed by atoms with Crippen LogP contribution in [-0.4, -0.2) is 48.9 Å². The molecule has 1 aromatic carbocycles. The number of carboxylic acids is 1. The quantitative estimate of drug-likeness (QED) is 0.604. The van der Waals surface area contributed by atoms with Gasteiger partial charge in [0.1, 0.15) is 11.3 Å². The lowest BCUT2D eigenvalue weighted by Crippen LogP contribution is -2.33. The lowest BCUT2D eigenvalue weighted by molar-refractivity contribution is -0.0488. The van der Waals surface area contributed by atoms with Gasteiger partial charge in [-0.1, -0.05) is 11.1 Å². The van der Waals surface area contributed by atoms with E-state index < -0.39 is 35.1 Å². The summed E-state index contributed by atoms with van der Waals surface area (Å²) in [5.74, 6) is -2.76. The van der Waals surface area contributed by atoms with Gasteiger partial charge in [-0.05, 0) is 45.7 Å².